The fraction of sp³-hybridized carbons (Fsp3) is 0.917. The molecule has 0 amide bonds. The molecular formula is C12H22N2S2. The molecule has 0 bridgehead atoms. The van der Waals surface area contributed by atoms with Gasteiger partial charge in [0.15, 0.2) is 5.17 Å². The summed E-state index contributed by atoms with van der Waals surface area (Å²) in [5, 5.41) is 6.44. The summed E-state index contributed by atoms with van der Waals surface area (Å²) >= 11 is 3.97. The molecule has 0 aromatic carbocycles. The Kier molecular flexibility index (Phi) is 4.89. The highest BCUT2D eigenvalue weighted by atomic mass is 32.2. The monoisotopic (exact) mass is 258 g/mol. The van der Waals surface area contributed by atoms with E-state index in [1.165, 1.54) is 37.3 Å². The normalized spacial score (nSPS) is 34.9. The Balaban J connectivity index is 1.77. The van der Waals surface area contributed by atoms with Gasteiger partial charge in [0.25, 0.3) is 0 Å². The van der Waals surface area contributed by atoms with Gasteiger partial charge in [0, 0.05) is 16.5 Å². The molecule has 3 unspecified atom stereocenters. The smallest absolute Gasteiger partial charge is 0.157 e. The van der Waals surface area contributed by atoms with Crippen LogP contribution in [0.15, 0.2) is 4.99 Å². The topological polar surface area (TPSA) is 24.4 Å². The fourth-order valence-electron chi connectivity index (χ4n) is 2.37. The van der Waals surface area contributed by atoms with Gasteiger partial charge in [-0.25, -0.2) is 0 Å². The fourth-order valence-corrected chi connectivity index (χ4v) is 4.22. The van der Waals surface area contributed by atoms with Gasteiger partial charge in [-0.15, -0.1) is 0 Å². The van der Waals surface area contributed by atoms with Crippen LogP contribution in [0.2, 0.25) is 0 Å². The van der Waals surface area contributed by atoms with Gasteiger partial charge in [0.1, 0.15) is 0 Å². The van der Waals surface area contributed by atoms with Crippen molar-refractivity contribution in [3.63, 3.8) is 0 Å². The SMILES string of the molecule is CCC1CN=C(NC2CCCC(SC)C2)S1. The van der Waals surface area contributed by atoms with Crippen LogP contribution >= 0.6 is 23.5 Å². The van der Waals surface area contributed by atoms with Crippen molar-refractivity contribution in [3.05, 3.63) is 0 Å². The van der Waals surface area contributed by atoms with E-state index >= 15 is 0 Å². The van der Waals surface area contributed by atoms with Crippen molar-refractivity contribution in [1.82, 2.24) is 5.32 Å². The Labute approximate surface area is 107 Å². The van der Waals surface area contributed by atoms with Crippen molar-refractivity contribution in [1.29, 1.82) is 0 Å². The van der Waals surface area contributed by atoms with Crippen molar-refractivity contribution in [2.45, 2.75) is 55.6 Å². The maximum atomic E-state index is 4.59. The molecule has 3 atom stereocenters. The Morgan fingerprint density at radius 1 is 1.50 bits per heavy atom. The van der Waals surface area contributed by atoms with E-state index in [-0.39, 0.29) is 0 Å². The molecular weight excluding hydrogens is 236 g/mol. The molecule has 2 rings (SSSR count). The van der Waals surface area contributed by atoms with Crippen LogP contribution < -0.4 is 5.32 Å². The number of aliphatic imine (C=N–C) groups is 1. The Bertz CT molecular complexity index is 255. The maximum Gasteiger partial charge on any atom is 0.157 e. The van der Waals surface area contributed by atoms with Gasteiger partial charge >= 0.3 is 0 Å². The van der Waals surface area contributed by atoms with E-state index < -0.39 is 0 Å². The molecule has 1 heterocycles. The Morgan fingerprint density at radius 3 is 3.06 bits per heavy atom. The largest absolute Gasteiger partial charge is 0.362 e. The molecule has 2 nitrogen and oxygen atoms in total. The predicted molar refractivity (Wildman–Crippen MR) is 76.7 cm³/mol. The summed E-state index contributed by atoms with van der Waals surface area (Å²) in [6.07, 6.45) is 8.89. The molecule has 0 aromatic rings. The lowest BCUT2D eigenvalue weighted by atomic mass is 9.95. The molecule has 0 saturated heterocycles. The van der Waals surface area contributed by atoms with Gasteiger partial charge in [-0.05, 0) is 31.9 Å². The highest BCUT2D eigenvalue weighted by molar-refractivity contribution is 8.14. The van der Waals surface area contributed by atoms with Crippen LogP contribution in [0, 0.1) is 0 Å². The molecule has 16 heavy (non-hydrogen) atoms. The van der Waals surface area contributed by atoms with E-state index in [1.807, 2.05) is 23.5 Å². The van der Waals surface area contributed by atoms with Gasteiger partial charge in [0.05, 0.1) is 6.54 Å². The number of nitrogens with zero attached hydrogens (tertiary/aromatic N) is 1. The second kappa shape index (κ2) is 6.20. The second-order valence-electron chi connectivity index (χ2n) is 4.66. The van der Waals surface area contributed by atoms with Crippen molar-refractivity contribution in [3.8, 4) is 0 Å². The van der Waals surface area contributed by atoms with Crippen LogP contribution in [0.1, 0.15) is 39.0 Å². The summed E-state index contributed by atoms with van der Waals surface area (Å²) in [6.45, 7) is 3.27. The van der Waals surface area contributed by atoms with E-state index in [2.05, 4.69) is 23.5 Å². The van der Waals surface area contributed by atoms with Gasteiger partial charge in [-0.3, -0.25) is 4.99 Å². The number of nitrogens with one attached hydrogen (secondary N) is 1. The maximum absolute atomic E-state index is 4.59. The standard InChI is InChI=1S/C12H22N2S2/c1-3-10-8-13-12(16-10)14-9-5-4-6-11(7-9)15-2/h9-11H,3-8H2,1-2H3,(H,13,14). The molecule has 0 radical (unpaired) electrons. The van der Waals surface area contributed by atoms with Crippen molar-refractivity contribution < 1.29 is 0 Å². The molecule has 2 aliphatic rings. The third-order valence-electron chi connectivity index (χ3n) is 3.46. The molecule has 4 heteroatoms. The lowest BCUT2D eigenvalue weighted by Crippen LogP contribution is -2.37. The zero-order valence-electron chi connectivity index (χ0n) is 10.2. The molecule has 92 valence electrons. The summed E-state index contributed by atoms with van der Waals surface area (Å²) in [7, 11) is 0. The number of hydrogen-bond donors (Lipinski definition) is 1. The Morgan fingerprint density at radius 2 is 2.38 bits per heavy atom. The van der Waals surface area contributed by atoms with E-state index in [1.54, 1.807) is 0 Å². The van der Waals surface area contributed by atoms with Crippen molar-refractivity contribution >= 4 is 28.7 Å². The minimum atomic E-state index is 0.674. The molecule has 1 N–H and O–H groups in total. The number of amidine groups is 1. The van der Waals surface area contributed by atoms with Crippen LogP contribution in [-0.2, 0) is 0 Å². The Hall–Kier alpha value is 0.170. The molecule has 0 spiro atoms. The first kappa shape index (κ1) is 12.6. The van der Waals surface area contributed by atoms with Crippen LogP contribution in [0.25, 0.3) is 0 Å². The van der Waals surface area contributed by atoms with E-state index in [9.17, 15) is 0 Å². The van der Waals surface area contributed by atoms with Crippen molar-refractivity contribution in [2.24, 2.45) is 4.99 Å². The first-order valence-electron chi connectivity index (χ1n) is 6.32. The molecule has 1 aliphatic heterocycles. The van der Waals surface area contributed by atoms with Crippen LogP contribution in [0.3, 0.4) is 0 Å². The van der Waals surface area contributed by atoms with Gasteiger partial charge < -0.3 is 5.32 Å². The van der Waals surface area contributed by atoms with Crippen LogP contribution in [0.5, 0.6) is 0 Å². The molecule has 0 aromatic heterocycles. The lowest BCUT2D eigenvalue weighted by molar-refractivity contribution is 0.424. The zero-order chi connectivity index (χ0) is 11.4. The summed E-state index contributed by atoms with van der Waals surface area (Å²) in [4.78, 5) is 4.59. The lowest BCUT2D eigenvalue weighted by Gasteiger charge is -2.29. The highest BCUT2D eigenvalue weighted by Crippen LogP contribution is 2.29. The average molecular weight is 258 g/mol. The molecule has 1 fully saturated rings. The number of hydrogen-bond acceptors (Lipinski definition) is 4. The summed E-state index contributed by atoms with van der Waals surface area (Å²) < 4.78 is 0. The van der Waals surface area contributed by atoms with Crippen LogP contribution in [-0.4, -0.2) is 34.5 Å². The third kappa shape index (κ3) is 3.33. The third-order valence-corrected chi connectivity index (χ3v) is 5.84. The number of rotatable bonds is 3. The second-order valence-corrected chi connectivity index (χ2v) is 7.09. The van der Waals surface area contributed by atoms with Gasteiger partial charge in [0.2, 0.25) is 0 Å². The zero-order valence-corrected chi connectivity index (χ0v) is 11.9. The molecule has 1 saturated carbocycles. The van der Waals surface area contributed by atoms with Crippen molar-refractivity contribution in [2.75, 3.05) is 12.8 Å². The molecule has 1 aliphatic carbocycles. The summed E-state index contributed by atoms with van der Waals surface area (Å²) in [5.41, 5.74) is 0. The van der Waals surface area contributed by atoms with E-state index in [0.29, 0.717) is 6.04 Å². The predicted octanol–water partition coefficient (Wildman–Crippen LogP) is 3.13. The van der Waals surface area contributed by atoms with Gasteiger partial charge in [-0.2, -0.15) is 11.8 Å². The minimum absolute atomic E-state index is 0.674. The van der Waals surface area contributed by atoms with E-state index in [0.717, 1.165) is 17.0 Å². The first-order chi connectivity index (χ1) is 7.81. The summed E-state index contributed by atoms with van der Waals surface area (Å²) in [6, 6.07) is 0.674. The minimum Gasteiger partial charge on any atom is -0.362 e. The number of thioether (sulfide) groups is 2. The quantitative estimate of drug-likeness (QED) is 0.841. The highest BCUT2D eigenvalue weighted by Gasteiger charge is 2.24. The average Bonchev–Trinajstić information content (AvgIpc) is 2.77. The first-order valence-corrected chi connectivity index (χ1v) is 8.49. The van der Waals surface area contributed by atoms with E-state index in [4.69, 9.17) is 0 Å². The van der Waals surface area contributed by atoms with Crippen LogP contribution in [0.4, 0.5) is 0 Å². The van der Waals surface area contributed by atoms with Gasteiger partial charge in [-0.1, -0.05) is 25.1 Å². The summed E-state index contributed by atoms with van der Waals surface area (Å²) in [5.74, 6) is 0.